The normalized spacial score (nSPS) is 11.3. The summed E-state index contributed by atoms with van der Waals surface area (Å²) < 4.78 is 36.3. The van der Waals surface area contributed by atoms with Crippen LogP contribution in [0.2, 0.25) is 0 Å². The van der Waals surface area contributed by atoms with Crippen LogP contribution >= 0.6 is 0 Å². The summed E-state index contributed by atoms with van der Waals surface area (Å²) in [5.41, 5.74) is 1.50. The number of carbonyl (C=O) groups excluding carboxylic acids is 1. The van der Waals surface area contributed by atoms with Crippen LogP contribution in [0, 0.1) is 0 Å². The second-order valence-electron chi connectivity index (χ2n) is 10.6. The summed E-state index contributed by atoms with van der Waals surface area (Å²) in [6, 6.07) is 11.9. The summed E-state index contributed by atoms with van der Waals surface area (Å²) in [6.45, 7) is 10.5. The molecule has 0 radical (unpaired) electrons. The van der Waals surface area contributed by atoms with Gasteiger partial charge in [0.2, 0.25) is 0 Å². The van der Waals surface area contributed by atoms with Crippen molar-refractivity contribution in [2.45, 2.75) is 77.0 Å². The Bertz CT molecular complexity index is 1460. The molecule has 0 aliphatic carbocycles. The number of fused-ring (bicyclic) bond motifs is 1. The number of carboxylic acid groups (broad SMARTS) is 2. The lowest BCUT2D eigenvalue weighted by Gasteiger charge is -2.21. The lowest BCUT2D eigenvalue weighted by Crippen LogP contribution is -2.28. The average Bonchev–Trinajstić information content (AvgIpc) is 3.36. The van der Waals surface area contributed by atoms with Crippen LogP contribution in [0.3, 0.4) is 0 Å². The molecule has 0 fully saturated rings. The molecule has 44 heavy (non-hydrogen) atoms. The molecule has 10 nitrogen and oxygen atoms in total. The van der Waals surface area contributed by atoms with Gasteiger partial charge in [0.1, 0.15) is 17.1 Å². The molecule has 0 aliphatic rings. The number of rotatable bonds is 17. The number of aliphatic carboxylic acids is 2. The van der Waals surface area contributed by atoms with E-state index in [1.54, 1.807) is 24.3 Å². The van der Waals surface area contributed by atoms with Gasteiger partial charge in [0.15, 0.2) is 15.6 Å². The largest absolute Gasteiger partial charge is 0.494 e. The van der Waals surface area contributed by atoms with Gasteiger partial charge in [0.05, 0.1) is 17.1 Å². The first-order valence-corrected chi connectivity index (χ1v) is 17.0. The molecule has 3 aromatic rings. The molecular formula is C33H45NO9S. The Balaban J connectivity index is 0.00000102. The summed E-state index contributed by atoms with van der Waals surface area (Å²) in [7, 11) is -3.41. The smallest absolute Gasteiger partial charge is 0.414 e. The number of hydrogen-bond donors (Lipinski definition) is 2. The molecule has 2 aromatic carbocycles. The zero-order valence-corrected chi connectivity index (χ0v) is 27.0. The number of benzene rings is 2. The first-order valence-electron chi connectivity index (χ1n) is 15.1. The molecule has 0 aliphatic heterocycles. The summed E-state index contributed by atoms with van der Waals surface area (Å²) in [6.07, 6.45) is 9.44. The average molecular weight is 632 g/mol. The number of carboxylic acids is 2. The van der Waals surface area contributed by atoms with Crippen molar-refractivity contribution in [2.75, 3.05) is 32.5 Å². The Kier molecular flexibility index (Phi) is 15.1. The lowest BCUT2D eigenvalue weighted by molar-refractivity contribution is -0.159. The number of carbonyl (C=O) groups is 3. The molecule has 11 heteroatoms. The third kappa shape index (κ3) is 11.4. The minimum absolute atomic E-state index is 0.172. The van der Waals surface area contributed by atoms with Crippen molar-refractivity contribution >= 4 is 38.5 Å². The topological polar surface area (TPSA) is 151 Å². The highest BCUT2D eigenvalue weighted by molar-refractivity contribution is 7.90. The van der Waals surface area contributed by atoms with Gasteiger partial charge in [0, 0.05) is 30.2 Å². The highest BCUT2D eigenvalue weighted by Gasteiger charge is 2.23. The minimum atomic E-state index is -3.41. The summed E-state index contributed by atoms with van der Waals surface area (Å²) >= 11 is 0. The van der Waals surface area contributed by atoms with E-state index < -0.39 is 21.8 Å². The number of hydrogen-bond acceptors (Lipinski definition) is 8. The highest BCUT2D eigenvalue weighted by atomic mass is 32.2. The van der Waals surface area contributed by atoms with Gasteiger partial charge in [-0.05, 0) is 81.2 Å². The van der Waals surface area contributed by atoms with E-state index in [1.165, 1.54) is 38.0 Å². The quantitative estimate of drug-likeness (QED) is 0.0995. The molecule has 0 atom stereocenters. The van der Waals surface area contributed by atoms with E-state index in [4.69, 9.17) is 29.0 Å². The third-order valence-corrected chi connectivity index (χ3v) is 8.10. The van der Waals surface area contributed by atoms with Crippen LogP contribution in [0.1, 0.15) is 87.4 Å². The fraction of sp³-hybridized carbons (Fsp3) is 0.485. The van der Waals surface area contributed by atoms with Crippen LogP contribution in [-0.4, -0.2) is 73.7 Å². The maximum absolute atomic E-state index is 13.6. The monoisotopic (exact) mass is 631 g/mol. The second kappa shape index (κ2) is 18.2. The van der Waals surface area contributed by atoms with Crippen molar-refractivity contribution in [2.24, 2.45) is 0 Å². The first kappa shape index (κ1) is 36.5. The van der Waals surface area contributed by atoms with Gasteiger partial charge >= 0.3 is 11.9 Å². The van der Waals surface area contributed by atoms with Gasteiger partial charge in [-0.1, -0.05) is 40.0 Å². The van der Waals surface area contributed by atoms with Gasteiger partial charge < -0.3 is 24.3 Å². The van der Waals surface area contributed by atoms with Crippen molar-refractivity contribution in [3.05, 3.63) is 59.4 Å². The number of ether oxygens (including phenoxy) is 1. The fourth-order valence-corrected chi connectivity index (χ4v) is 5.19. The number of unbranched alkanes of at least 4 members (excludes halogenated alkanes) is 3. The van der Waals surface area contributed by atoms with E-state index in [0.717, 1.165) is 44.6 Å². The Morgan fingerprint density at radius 1 is 0.818 bits per heavy atom. The van der Waals surface area contributed by atoms with E-state index in [-0.39, 0.29) is 10.7 Å². The Labute approximate surface area is 259 Å². The highest BCUT2D eigenvalue weighted by Crippen LogP contribution is 2.32. The molecule has 0 saturated carbocycles. The predicted molar refractivity (Wildman–Crippen MR) is 169 cm³/mol. The van der Waals surface area contributed by atoms with E-state index in [2.05, 4.69) is 25.7 Å². The SMILES string of the molecule is CCCCc1oc2ccc(S(C)(=O)=O)cc2c1C(=O)c1ccc(OCCCN(CCCC)CCCC)cc1.O=C(O)C(=O)O. The van der Waals surface area contributed by atoms with Gasteiger partial charge in [0.25, 0.3) is 0 Å². The van der Waals surface area contributed by atoms with E-state index >= 15 is 0 Å². The Morgan fingerprint density at radius 3 is 1.91 bits per heavy atom. The molecule has 242 valence electrons. The van der Waals surface area contributed by atoms with Crippen LogP contribution in [0.5, 0.6) is 5.75 Å². The number of ketones is 1. The van der Waals surface area contributed by atoms with E-state index in [1.807, 2.05) is 12.1 Å². The zero-order valence-electron chi connectivity index (χ0n) is 26.1. The van der Waals surface area contributed by atoms with Crippen LogP contribution in [0.15, 0.2) is 51.8 Å². The molecule has 3 rings (SSSR count). The van der Waals surface area contributed by atoms with Crippen molar-refractivity contribution < 1.29 is 42.2 Å². The molecule has 0 amide bonds. The van der Waals surface area contributed by atoms with Crippen molar-refractivity contribution in [3.63, 3.8) is 0 Å². The number of furan rings is 1. The van der Waals surface area contributed by atoms with Gasteiger partial charge in [-0.25, -0.2) is 18.0 Å². The Hall–Kier alpha value is -3.70. The first-order chi connectivity index (χ1) is 20.9. The van der Waals surface area contributed by atoms with Crippen molar-refractivity contribution in [1.29, 1.82) is 0 Å². The summed E-state index contributed by atoms with van der Waals surface area (Å²) in [5, 5.41) is 15.3. The van der Waals surface area contributed by atoms with E-state index in [9.17, 15) is 13.2 Å². The van der Waals surface area contributed by atoms with Crippen LogP contribution in [0.25, 0.3) is 11.0 Å². The molecule has 0 unspecified atom stereocenters. The lowest BCUT2D eigenvalue weighted by atomic mass is 9.98. The number of sulfone groups is 1. The Morgan fingerprint density at radius 2 is 1.39 bits per heavy atom. The molecule has 2 N–H and O–H groups in total. The van der Waals surface area contributed by atoms with Crippen LogP contribution in [-0.2, 0) is 25.8 Å². The maximum atomic E-state index is 13.6. The second-order valence-corrected chi connectivity index (χ2v) is 12.7. The van der Waals surface area contributed by atoms with Gasteiger partial charge in [-0.15, -0.1) is 0 Å². The molecule has 0 spiro atoms. The number of nitrogens with zero attached hydrogens (tertiary/aromatic N) is 1. The predicted octanol–water partition coefficient (Wildman–Crippen LogP) is 6.24. The van der Waals surface area contributed by atoms with Crippen molar-refractivity contribution in [1.82, 2.24) is 4.90 Å². The number of aryl methyl sites for hydroxylation is 1. The van der Waals surface area contributed by atoms with Gasteiger partial charge in [-0.3, -0.25) is 4.79 Å². The van der Waals surface area contributed by atoms with Crippen molar-refractivity contribution in [3.8, 4) is 5.75 Å². The molecule has 1 heterocycles. The molecule has 0 bridgehead atoms. The summed E-state index contributed by atoms with van der Waals surface area (Å²) in [4.78, 5) is 34.5. The van der Waals surface area contributed by atoms with Crippen LogP contribution in [0.4, 0.5) is 0 Å². The molecule has 0 saturated heterocycles. The third-order valence-electron chi connectivity index (χ3n) is 6.99. The fourth-order valence-electron chi connectivity index (χ4n) is 4.54. The maximum Gasteiger partial charge on any atom is 0.414 e. The molecule has 1 aromatic heterocycles. The minimum Gasteiger partial charge on any atom is -0.494 e. The standard InChI is InChI=1S/C31H43NO5S.C2H2O4/c1-5-8-12-29-30(27-23-26(38(4,34)35)17-18-28(27)37-29)31(33)24-13-15-25(16-14-24)36-22-11-21-32(19-9-6-2)20-10-7-3;3-1(4)2(5)6/h13-18,23H,5-12,19-22H2,1-4H3;(H,3,4)(H,5,6). The van der Waals surface area contributed by atoms with E-state index in [0.29, 0.717) is 40.9 Å². The van der Waals surface area contributed by atoms with Gasteiger partial charge in [-0.2, -0.15) is 0 Å². The van der Waals surface area contributed by atoms with Crippen LogP contribution < -0.4 is 4.74 Å². The molecular weight excluding hydrogens is 586 g/mol. The zero-order chi connectivity index (χ0) is 32.7. The summed E-state index contributed by atoms with van der Waals surface area (Å²) in [5.74, 6) is -2.48.